The molecule has 7 heteroatoms. The minimum atomic E-state index is -4.42. The highest BCUT2D eigenvalue weighted by Gasteiger charge is 2.16. The highest BCUT2D eigenvalue weighted by Crippen LogP contribution is 2.21. The van der Waals surface area contributed by atoms with Crippen molar-refractivity contribution in [2.24, 2.45) is 0 Å². The van der Waals surface area contributed by atoms with E-state index < -0.39 is 21.0 Å². The van der Waals surface area contributed by atoms with Crippen LogP contribution in [0.1, 0.15) is 17.3 Å². The van der Waals surface area contributed by atoms with Crippen LogP contribution in [0, 0.1) is 0 Å². The summed E-state index contributed by atoms with van der Waals surface area (Å²) >= 11 is 0. The number of carbonyl (C=O) groups is 1. The van der Waals surface area contributed by atoms with Crippen molar-refractivity contribution >= 4 is 21.8 Å². The van der Waals surface area contributed by atoms with E-state index in [2.05, 4.69) is 11.9 Å². The highest BCUT2D eigenvalue weighted by atomic mass is 32.2. The minimum absolute atomic E-state index is 0.206. The lowest BCUT2D eigenvalue weighted by Crippen LogP contribution is -2.07. The molecule has 0 aliphatic carbocycles. The van der Waals surface area contributed by atoms with E-state index in [1.54, 1.807) is 6.92 Å². The lowest BCUT2D eigenvalue weighted by molar-refractivity contribution is 0.0697. The molecule has 0 unspecified atom stereocenters. The highest BCUT2D eigenvalue weighted by molar-refractivity contribution is 7.85. The van der Waals surface area contributed by atoms with E-state index in [-0.39, 0.29) is 11.3 Å². The zero-order chi connectivity index (χ0) is 13.2. The molecule has 6 nitrogen and oxygen atoms in total. The lowest BCUT2D eigenvalue weighted by atomic mass is 10.2. The van der Waals surface area contributed by atoms with Gasteiger partial charge in [-0.05, 0) is 25.1 Å². The molecule has 17 heavy (non-hydrogen) atoms. The van der Waals surface area contributed by atoms with E-state index in [4.69, 9.17) is 9.66 Å². The SMILES string of the molecule is C=C(C)Nc1ccc(S(=O)(=O)O)cc1C(=O)O. The molecule has 0 aliphatic heterocycles. The molecule has 1 rings (SSSR count). The van der Waals surface area contributed by atoms with Gasteiger partial charge in [0.1, 0.15) is 0 Å². The molecule has 0 spiro atoms. The van der Waals surface area contributed by atoms with Gasteiger partial charge in [-0.25, -0.2) is 4.79 Å². The molecule has 0 fully saturated rings. The van der Waals surface area contributed by atoms with Crippen LogP contribution in [0.5, 0.6) is 0 Å². The number of aromatic carboxylic acids is 1. The summed E-state index contributed by atoms with van der Waals surface area (Å²) in [7, 11) is -4.42. The molecule has 0 atom stereocenters. The molecule has 92 valence electrons. The molecule has 0 saturated heterocycles. The monoisotopic (exact) mass is 257 g/mol. The molecule has 1 aromatic rings. The molecule has 3 N–H and O–H groups in total. The van der Waals surface area contributed by atoms with Gasteiger partial charge in [0.2, 0.25) is 0 Å². The summed E-state index contributed by atoms with van der Waals surface area (Å²) in [5, 5.41) is 11.6. The van der Waals surface area contributed by atoms with Gasteiger partial charge in [0.05, 0.1) is 16.1 Å². The predicted molar refractivity (Wildman–Crippen MR) is 61.7 cm³/mol. The number of benzene rings is 1. The Morgan fingerprint density at radius 3 is 2.41 bits per heavy atom. The van der Waals surface area contributed by atoms with Gasteiger partial charge in [0.15, 0.2) is 0 Å². The van der Waals surface area contributed by atoms with Crippen LogP contribution in [0.15, 0.2) is 35.4 Å². The van der Waals surface area contributed by atoms with Crippen molar-refractivity contribution in [2.45, 2.75) is 11.8 Å². The normalized spacial score (nSPS) is 10.9. The van der Waals surface area contributed by atoms with Crippen LogP contribution in [0.2, 0.25) is 0 Å². The summed E-state index contributed by atoms with van der Waals surface area (Å²) < 4.78 is 30.5. The smallest absolute Gasteiger partial charge is 0.337 e. The summed E-state index contributed by atoms with van der Waals surface area (Å²) in [6.45, 7) is 5.18. The fraction of sp³-hybridized carbons (Fsp3) is 0.100. The summed E-state index contributed by atoms with van der Waals surface area (Å²) in [6.07, 6.45) is 0. The number of allylic oxidation sites excluding steroid dienone is 1. The molecular weight excluding hydrogens is 246 g/mol. The fourth-order valence-corrected chi connectivity index (χ4v) is 1.71. The number of anilines is 1. The third-order valence-electron chi connectivity index (χ3n) is 1.87. The van der Waals surface area contributed by atoms with Crippen molar-refractivity contribution in [1.82, 2.24) is 0 Å². The van der Waals surface area contributed by atoms with Crippen LogP contribution in [-0.4, -0.2) is 24.0 Å². The van der Waals surface area contributed by atoms with Crippen LogP contribution in [0.4, 0.5) is 5.69 Å². The molecule has 0 saturated carbocycles. The average molecular weight is 257 g/mol. The Morgan fingerprint density at radius 1 is 1.41 bits per heavy atom. The molecule has 1 aromatic carbocycles. The maximum Gasteiger partial charge on any atom is 0.337 e. The number of nitrogens with one attached hydrogen (secondary N) is 1. The van der Waals surface area contributed by atoms with Crippen molar-refractivity contribution in [1.29, 1.82) is 0 Å². The Kier molecular flexibility index (Phi) is 3.54. The maximum atomic E-state index is 10.9. The zero-order valence-electron chi connectivity index (χ0n) is 8.97. The van der Waals surface area contributed by atoms with E-state index in [1.807, 2.05) is 0 Å². The Labute approximate surface area is 98.3 Å². The summed E-state index contributed by atoms with van der Waals surface area (Å²) in [5.74, 6) is -1.31. The van der Waals surface area contributed by atoms with E-state index in [9.17, 15) is 13.2 Å². The Bertz CT molecular complexity index is 576. The topological polar surface area (TPSA) is 104 Å². The minimum Gasteiger partial charge on any atom is -0.478 e. The molecule has 0 bridgehead atoms. The second-order valence-electron chi connectivity index (χ2n) is 3.39. The van der Waals surface area contributed by atoms with Gasteiger partial charge in [-0.3, -0.25) is 4.55 Å². The number of rotatable bonds is 4. The van der Waals surface area contributed by atoms with Gasteiger partial charge in [0.25, 0.3) is 10.1 Å². The maximum absolute atomic E-state index is 10.9. The van der Waals surface area contributed by atoms with E-state index in [1.165, 1.54) is 6.07 Å². The first-order chi connectivity index (χ1) is 7.71. The first-order valence-corrected chi connectivity index (χ1v) is 5.93. The van der Waals surface area contributed by atoms with E-state index in [0.29, 0.717) is 5.70 Å². The van der Waals surface area contributed by atoms with Gasteiger partial charge in [-0.2, -0.15) is 8.42 Å². The summed E-state index contributed by atoms with van der Waals surface area (Å²) in [4.78, 5) is 10.5. The molecule has 0 aliphatic rings. The van der Waals surface area contributed by atoms with E-state index in [0.717, 1.165) is 12.1 Å². The van der Waals surface area contributed by atoms with Crippen LogP contribution < -0.4 is 5.32 Å². The summed E-state index contributed by atoms with van der Waals surface area (Å²) in [5.41, 5.74) is 0.452. The van der Waals surface area contributed by atoms with Crippen molar-refractivity contribution in [3.8, 4) is 0 Å². The molecule has 0 amide bonds. The Hall–Kier alpha value is -1.86. The molecule has 0 heterocycles. The van der Waals surface area contributed by atoms with Gasteiger partial charge < -0.3 is 10.4 Å². The summed E-state index contributed by atoms with van der Waals surface area (Å²) in [6, 6.07) is 3.23. The Balaban J connectivity index is 3.37. The standard InChI is InChI=1S/C10H11NO5S/c1-6(2)11-9-4-3-7(17(14,15)16)5-8(9)10(12)13/h3-5,11H,1H2,2H3,(H,12,13)(H,14,15,16). The average Bonchev–Trinajstić information content (AvgIpc) is 2.15. The van der Waals surface area contributed by atoms with Gasteiger partial charge in [0, 0.05) is 5.70 Å². The van der Waals surface area contributed by atoms with Crippen molar-refractivity contribution in [2.75, 3.05) is 5.32 Å². The zero-order valence-corrected chi connectivity index (χ0v) is 9.78. The van der Waals surface area contributed by atoms with Crippen molar-refractivity contribution in [3.05, 3.63) is 36.0 Å². The fourth-order valence-electron chi connectivity index (χ4n) is 1.20. The molecular formula is C10H11NO5S. The third-order valence-corrected chi connectivity index (χ3v) is 2.72. The van der Waals surface area contributed by atoms with Crippen LogP contribution in [-0.2, 0) is 10.1 Å². The van der Waals surface area contributed by atoms with Crippen molar-refractivity contribution < 1.29 is 22.9 Å². The molecule has 0 aromatic heterocycles. The number of hydrogen-bond acceptors (Lipinski definition) is 4. The largest absolute Gasteiger partial charge is 0.478 e. The van der Waals surface area contributed by atoms with Crippen LogP contribution >= 0.6 is 0 Å². The third kappa shape index (κ3) is 3.30. The second-order valence-corrected chi connectivity index (χ2v) is 4.81. The quantitative estimate of drug-likeness (QED) is 0.707. The van der Waals surface area contributed by atoms with Gasteiger partial charge >= 0.3 is 5.97 Å². The number of carboxylic acids is 1. The second kappa shape index (κ2) is 4.56. The lowest BCUT2D eigenvalue weighted by Gasteiger charge is -2.09. The van der Waals surface area contributed by atoms with Crippen LogP contribution in [0.3, 0.4) is 0 Å². The first kappa shape index (κ1) is 13.2. The van der Waals surface area contributed by atoms with Gasteiger partial charge in [-0.1, -0.05) is 6.58 Å². The Morgan fingerprint density at radius 2 is 2.00 bits per heavy atom. The first-order valence-electron chi connectivity index (χ1n) is 4.49. The predicted octanol–water partition coefficient (Wildman–Crippen LogP) is 1.58. The molecule has 0 radical (unpaired) electrons. The number of hydrogen-bond donors (Lipinski definition) is 3. The van der Waals surface area contributed by atoms with Gasteiger partial charge in [-0.15, -0.1) is 0 Å². The number of carboxylic acid groups (broad SMARTS) is 1. The van der Waals surface area contributed by atoms with E-state index >= 15 is 0 Å². The van der Waals surface area contributed by atoms with Crippen molar-refractivity contribution in [3.63, 3.8) is 0 Å². The van der Waals surface area contributed by atoms with Crippen LogP contribution in [0.25, 0.3) is 0 Å².